The second-order valence-corrected chi connectivity index (χ2v) is 6.39. The summed E-state index contributed by atoms with van der Waals surface area (Å²) < 4.78 is 0. The van der Waals surface area contributed by atoms with Gasteiger partial charge in [-0.05, 0) is 57.5 Å². The zero-order valence-corrected chi connectivity index (χ0v) is 14.4. The molecule has 0 aliphatic rings. The van der Waals surface area contributed by atoms with Gasteiger partial charge in [0.1, 0.15) is 0 Å². The Morgan fingerprint density at radius 1 is 1.10 bits per heavy atom. The van der Waals surface area contributed by atoms with Crippen molar-refractivity contribution in [2.45, 2.75) is 47.1 Å². The van der Waals surface area contributed by atoms with Gasteiger partial charge < -0.3 is 10.2 Å². The van der Waals surface area contributed by atoms with Crippen molar-refractivity contribution < 1.29 is 0 Å². The van der Waals surface area contributed by atoms with Crippen LogP contribution in [0, 0.1) is 26.7 Å². The molecule has 0 aliphatic carbocycles. The summed E-state index contributed by atoms with van der Waals surface area (Å²) in [4.78, 5) is 2.45. The van der Waals surface area contributed by atoms with E-state index in [4.69, 9.17) is 0 Å². The van der Waals surface area contributed by atoms with Crippen LogP contribution in [0.5, 0.6) is 0 Å². The maximum Gasteiger partial charge on any atom is 0.0452 e. The molecule has 1 aromatic carbocycles. The molecular formula is C18H32N2. The highest BCUT2D eigenvalue weighted by Crippen LogP contribution is 2.24. The topological polar surface area (TPSA) is 15.3 Å². The lowest BCUT2D eigenvalue weighted by Crippen LogP contribution is -2.34. The quantitative estimate of drug-likeness (QED) is 0.814. The second kappa shape index (κ2) is 7.80. The molecule has 2 atom stereocenters. The molecule has 0 saturated heterocycles. The van der Waals surface area contributed by atoms with Gasteiger partial charge in [0.2, 0.25) is 0 Å². The minimum Gasteiger partial charge on any atom is -0.312 e. The number of rotatable bonds is 7. The molecule has 0 heterocycles. The average Bonchev–Trinajstić information content (AvgIpc) is 2.35. The minimum absolute atomic E-state index is 0.407. The molecule has 114 valence electrons. The standard InChI is InChI=1S/C18H32N2/c1-8-13(2)11-20(7)12-17(19-6)18-15(4)9-14(3)10-16(18)5/h9-10,13,17,19H,8,11-12H2,1-7H3. The molecule has 2 unspecified atom stereocenters. The summed E-state index contributed by atoms with van der Waals surface area (Å²) in [5, 5.41) is 3.50. The first-order valence-corrected chi connectivity index (χ1v) is 7.82. The van der Waals surface area contributed by atoms with E-state index < -0.39 is 0 Å². The Hall–Kier alpha value is -0.860. The van der Waals surface area contributed by atoms with E-state index in [1.807, 2.05) is 0 Å². The van der Waals surface area contributed by atoms with Gasteiger partial charge >= 0.3 is 0 Å². The Labute approximate surface area is 125 Å². The van der Waals surface area contributed by atoms with Gasteiger partial charge in [-0.1, -0.05) is 38.0 Å². The van der Waals surface area contributed by atoms with Crippen LogP contribution in [0.15, 0.2) is 12.1 Å². The normalized spacial score (nSPS) is 14.6. The number of nitrogens with zero attached hydrogens (tertiary/aromatic N) is 1. The van der Waals surface area contributed by atoms with Crippen molar-refractivity contribution in [1.29, 1.82) is 0 Å². The predicted molar refractivity (Wildman–Crippen MR) is 89.4 cm³/mol. The Kier molecular flexibility index (Phi) is 6.70. The van der Waals surface area contributed by atoms with Crippen molar-refractivity contribution in [3.63, 3.8) is 0 Å². The van der Waals surface area contributed by atoms with E-state index in [0.717, 1.165) is 12.5 Å². The lowest BCUT2D eigenvalue weighted by molar-refractivity contribution is 0.256. The average molecular weight is 276 g/mol. The maximum absolute atomic E-state index is 3.50. The van der Waals surface area contributed by atoms with E-state index >= 15 is 0 Å². The van der Waals surface area contributed by atoms with Crippen LogP contribution in [0.25, 0.3) is 0 Å². The number of benzene rings is 1. The number of likely N-dealkylation sites (N-methyl/N-ethyl adjacent to an activating group) is 2. The van der Waals surface area contributed by atoms with Crippen molar-refractivity contribution >= 4 is 0 Å². The summed E-state index contributed by atoms with van der Waals surface area (Å²) in [6, 6.07) is 4.99. The summed E-state index contributed by atoms with van der Waals surface area (Å²) in [6.07, 6.45) is 1.25. The third-order valence-corrected chi connectivity index (χ3v) is 4.25. The van der Waals surface area contributed by atoms with Gasteiger partial charge in [-0.25, -0.2) is 0 Å². The Morgan fingerprint density at radius 2 is 1.65 bits per heavy atom. The molecule has 0 spiro atoms. The molecule has 0 bridgehead atoms. The third-order valence-electron chi connectivity index (χ3n) is 4.25. The molecule has 1 rings (SSSR count). The Balaban J connectivity index is 2.86. The van der Waals surface area contributed by atoms with Crippen LogP contribution in [0.2, 0.25) is 0 Å². The van der Waals surface area contributed by atoms with Gasteiger partial charge in [0.25, 0.3) is 0 Å². The SMILES string of the molecule is CCC(C)CN(C)CC(NC)c1c(C)cc(C)cc1C. The van der Waals surface area contributed by atoms with Crippen LogP contribution in [0.4, 0.5) is 0 Å². The van der Waals surface area contributed by atoms with E-state index in [-0.39, 0.29) is 0 Å². The van der Waals surface area contributed by atoms with E-state index in [1.54, 1.807) is 0 Å². The van der Waals surface area contributed by atoms with Crippen LogP contribution < -0.4 is 5.32 Å². The Morgan fingerprint density at radius 3 is 2.10 bits per heavy atom. The first-order valence-electron chi connectivity index (χ1n) is 7.82. The van der Waals surface area contributed by atoms with Crippen LogP contribution in [0.1, 0.15) is 48.6 Å². The summed E-state index contributed by atoms with van der Waals surface area (Å²) in [5.41, 5.74) is 5.62. The van der Waals surface area contributed by atoms with Gasteiger partial charge in [0.15, 0.2) is 0 Å². The van der Waals surface area contributed by atoms with E-state index in [9.17, 15) is 0 Å². The van der Waals surface area contributed by atoms with E-state index in [0.29, 0.717) is 6.04 Å². The first kappa shape index (κ1) is 17.2. The third kappa shape index (κ3) is 4.60. The molecule has 1 aromatic rings. The lowest BCUT2D eigenvalue weighted by atomic mass is 9.93. The highest BCUT2D eigenvalue weighted by molar-refractivity contribution is 5.39. The lowest BCUT2D eigenvalue weighted by Gasteiger charge is -2.28. The fourth-order valence-corrected chi connectivity index (χ4v) is 3.12. The smallest absolute Gasteiger partial charge is 0.0452 e. The van der Waals surface area contributed by atoms with Crippen molar-refractivity contribution in [3.05, 3.63) is 34.4 Å². The van der Waals surface area contributed by atoms with Crippen LogP contribution >= 0.6 is 0 Å². The van der Waals surface area contributed by atoms with Gasteiger partial charge in [-0.15, -0.1) is 0 Å². The van der Waals surface area contributed by atoms with Crippen molar-refractivity contribution in [3.8, 4) is 0 Å². The van der Waals surface area contributed by atoms with Gasteiger partial charge in [-0.3, -0.25) is 0 Å². The molecule has 0 radical (unpaired) electrons. The summed E-state index contributed by atoms with van der Waals surface area (Å²) in [5.74, 6) is 0.762. The highest BCUT2D eigenvalue weighted by atomic mass is 15.1. The molecule has 0 amide bonds. The van der Waals surface area contributed by atoms with Crippen LogP contribution in [0.3, 0.4) is 0 Å². The molecule has 0 aliphatic heterocycles. The zero-order chi connectivity index (χ0) is 15.3. The maximum atomic E-state index is 3.50. The molecule has 20 heavy (non-hydrogen) atoms. The molecule has 2 heteroatoms. The first-order chi connectivity index (χ1) is 9.38. The summed E-state index contributed by atoms with van der Waals surface area (Å²) >= 11 is 0. The van der Waals surface area contributed by atoms with E-state index in [2.05, 4.69) is 71.1 Å². The molecule has 0 saturated carbocycles. The minimum atomic E-state index is 0.407. The molecular weight excluding hydrogens is 244 g/mol. The second-order valence-electron chi connectivity index (χ2n) is 6.39. The summed E-state index contributed by atoms with van der Waals surface area (Å²) in [6.45, 7) is 13.5. The van der Waals surface area contributed by atoms with Crippen molar-refractivity contribution in [2.75, 3.05) is 27.2 Å². The number of aryl methyl sites for hydroxylation is 3. The fraction of sp³-hybridized carbons (Fsp3) is 0.667. The monoisotopic (exact) mass is 276 g/mol. The Bertz CT molecular complexity index is 402. The zero-order valence-electron chi connectivity index (χ0n) is 14.4. The summed E-state index contributed by atoms with van der Waals surface area (Å²) in [7, 11) is 4.30. The molecule has 2 nitrogen and oxygen atoms in total. The van der Waals surface area contributed by atoms with Crippen molar-refractivity contribution in [2.24, 2.45) is 5.92 Å². The predicted octanol–water partition coefficient (Wildman–Crippen LogP) is 3.85. The highest BCUT2D eigenvalue weighted by Gasteiger charge is 2.17. The largest absolute Gasteiger partial charge is 0.312 e. The molecule has 0 fully saturated rings. The number of hydrogen-bond donors (Lipinski definition) is 1. The molecule has 0 aromatic heterocycles. The van der Waals surface area contributed by atoms with Crippen LogP contribution in [-0.2, 0) is 0 Å². The number of nitrogens with one attached hydrogen (secondary N) is 1. The van der Waals surface area contributed by atoms with Crippen molar-refractivity contribution in [1.82, 2.24) is 10.2 Å². The fourth-order valence-electron chi connectivity index (χ4n) is 3.12. The van der Waals surface area contributed by atoms with E-state index in [1.165, 1.54) is 35.2 Å². The van der Waals surface area contributed by atoms with Gasteiger partial charge in [0.05, 0.1) is 0 Å². The van der Waals surface area contributed by atoms with Gasteiger partial charge in [0, 0.05) is 19.1 Å². The van der Waals surface area contributed by atoms with Crippen LogP contribution in [-0.4, -0.2) is 32.1 Å². The number of hydrogen-bond acceptors (Lipinski definition) is 2. The molecule has 1 N–H and O–H groups in total. The van der Waals surface area contributed by atoms with Gasteiger partial charge in [-0.2, -0.15) is 0 Å².